The topological polar surface area (TPSA) is 38.7 Å². The molecule has 0 amide bonds. The summed E-state index contributed by atoms with van der Waals surface area (Å²) in [6.07, 6.45) is 6.11. The summed E-state index contributed by atoms with van der Waals surface area (Å²) in [7, 11) is 2.02. The fourth-order valence-electron chi connectivity index (χ4n) is 1.16. The molecule has 0 aromatic rings. The average Bonchev–Trinajstić information content (AvgIpc) is 2.17. The normalized spacial score (nSPS) is 19.8. The highest BCUT2D eigenvalue weighted by molar-refractivity contribution is 7.91. The van der Waals surface area contributed by atoms with Crippen LogP contribution in [-0.2, 0) is 11.4 Å². The molecule has 16 heavy (non-hydrogen) atoms. The van der Waals surface area contributed by atoms with Gasteiger partial charge >= 0.3 is 0 Å². The predicted molar refractivity (Wildman–Crippen MR) is 70.9 cm³/mol. The van der Waals surface area contributed by atoms with E-state index in [1.807, 2.05) is 47.0 Å². The summed E-state index contributed by atoms with van der Waals surface area (Å²) < 4.78 is 15.8. The molecule has 1 heterocycles. The second-order valence-corrected chi connectivity index (χ2v) is 6.86. The van der Waals surface area contributed by atoms with Crippen molar-refractivity contribution >= 4 is 17.1 Å². The van der Waals surface area contributed by atoms with Gasteiger partial charge in [0.15, 0.2) is 0 Å². The van der Waals surface area contributed by atoms with Crippen LogP contribution in [0.5, 0.6) is 0 Å². The van der Waals surface area contributed by atoms with Crippen LogP contribution in [0.1, 0.15) is 27.7 Å². The maximum atomic E-state index is 11.8. The lowest BCUT2D eigenvalue weighted by Gasteiger charge is -2.20. The molecule has 0 aromatic carbocycles. The minimum absolute atomic E-state index is 0.295. The first kappa shape index (κ1) is 13.3. The fraction of sp³-hybridized carbons (Fsp3) is 0.583. The van der Waals surface area contributed by atoms with Crippen LogP contribution in [0, 0.1) is 0 Å². The zero-order valence-electron chi connectivity index (χ0n) is 10.7. The number of allylic oxidation sites excluding steroid dienone is 2. The second-order valence-electron chi connectivity index (χ2n) is 4.95. The van der Waals surface area contributed by atoms with Gasteiger partial charge in [-0.05, 0) is 45.5 Å². The third kappa shape index (κ3) is 3.68. The van der Waals surface area contributed by atoms with Crippen LogP contribution < -0.4 is 0 Å². The predicted octanol–water partition coefficient (Wildman–Crippen LogP) is 2.29. The van der Waals surface area contributed by atoms with Crippen molar-refractivity contribution in [2.24, 2.45) is 4.40 Å². The van der Waals surface area contributed by atoms with Gasteiger partial charge in [-0.3, -0.25) is 0 Å². The van der Waals surface area contributed by atoms with Crippen LogP contribution in [0.3, 0.4) is 0 Å². The smallest absolute Gasteiger partial charge is 0.144 e. The summed E-state index contributed by atoms with van der Waals surface area (Å²) in [5, 5.41) is 0. The Kier molecular flexibility index (Phi) is 4.21. The Balaban J connectivity index is 2.75. The molecule has 0 radical (unpaired) electrons. The molecule has 1 rings (SSSR count). The molecule has 0 saturated carbocycles. The molecule has 1 aliphatic rings. The monoisotopic (exact) mass is 240 g/mol. The number of likely N-dealkylation sites (N-methyl/N-ethyl adjacent to an activating group) is 1. The summed E-state index contributed by atoms with van der Waals surface area (Å²) >= 11 is -1.18. The van der Waals surface area contributed by atoms with Crippen molar-refractivity contribution in [3.8, 4) is 0 Å². The van der Waals surface area contributed by atoms with E-state index < -0.39 is 11.4 Å². The lowest BCUT2D eigenvalue weighted by atomic mass is 10.1. The van der Waals surface area contributed by atoms with E-state index in [1.165, 1.54) is 0 Å². The lowest BCUT2D eigenvalue weighted by molar-refractivity contribution is 0.503. The zero-order chi connectivity index (χ0) is 12.3. The average molecular weight is 240 g/mol. The number of hydrogen-bond acceptors (Lipinski definition) is 3. The third-order valence-electron chi connectivity index (χ3n) is 2.27. The summed E-state index contributed by atoms with van der Waals surface area (Å²) in [6, 6.07) is 0. The summed E-state index contributed by atoms with van der Waals surface area (Å²) in [4.78, 5) is 2.08. The van der Waals surface area contributed by atoms with Crippen LogP contribution >= 0.6 is 0 Å². The van der Waals surface area contributed by atoms with Gasteiger partial charge in [0.2, 0.25) is 0 Å². The molecule has 0 aliphatic carbocycles. The molecule has 0 aromatic heterocycles. The highest BCUT2D eigenvalue weighted by Crippen LogP contribution is 2.19. The van der Waals surface area contributed by atoms with Crippen molar-refractivity contribution in [3.05, 3.63) is 23.9 Å². The van der Waals surface area contributed by atoms with Crippen molar-refractivity contribution in [2.45, 2.75) is 32.4 Å². The van der Waals surface area contributed by atoms with E-state index in [1.54, 1.807) is 0 Å². The quantitative estimate of drug-likeness (QED) is 0.549. The van der Waals surface area contributed by atoms with Gasteiger partial charge in [-0.2, -0.15) is 0 Å². The first-order valence-corrected chi connectivity index (χ1v) is 6.47. The Morgan fingerprint density at radius 3 is 2.56 bits per heavy atom. The minimum atomic E-state index is -1.18. The van der Waals surface area contributed by atoms with E-state index in [9.17, 15) is 4.55 Å². The molecule has 0 saturated heterocycles. The van der Waals surface area contributed by atoms with Gasteiger partial charge in [0.1, 0.15) is 16.1 Å². The van der Waals surface area contributed by atoms with E-state index in [0.29, 0.717) is 0 Å². The van der Waals surface area contributed by atoms with Gasteiger partial charge in [0, 0.05) is 13.6 Å². The first-order chi connectivity index (χ1) is 7.30. The highest BCUT2D eigenvalue weighted by Gasteiger charge is 2.26. The molecule has 1 atom stereocenters. The van der Waals surface area contributed by atoms with E-state index >= 15 is 0 Å². The maximum Gasteiger partial charge on any atom is 0.144 e. The Morgan fingerprint density at radius 2 is 2.12 bits per heavy atom. The third-order valence-corrected chi connectivity index (χ3v) is 3.76. The standard InChI is InChI=1S/C12H20N2OS/c1-10(13-16(15)12(2,3)4)11-6-8-14(5)9-7-11/h6-8H,9H2,1-5H3/b13-10-. The van der Waals surface area contributed by atoms with E-state index in [4.69, 9.17) is 0 Å². The first-order valence-electron chi connectivity index (χ1n) is 5.37. The summed E-state index contributed by atoms with van der Waals surface area (Å²) in [5.41, 5.74) is 1.91. The molecular formula is C12H20N2OS. The van der Waals surface area contributed by atoms with Crippen LogP contribution in [0.25, 0.3) is 0 Å². The lowest BCUT2D eigenvalue weighted by Crippen LogP contribution is -2.27. The second kappa shape index (κ2) is 5.06. The van der Waals surface area contributed by atoms with E-state index in [2.05, 4.69) is 15.4 Å². The van der Waals surface area contributed by atoms with Gasteiger partial charge in [0.05, 0.1) is 5.71 Å². The van der Waals surface area contributed by atoms with Crippen molar-refractivity contribution in [1.29, 1.82) is 0 Å². The van der Waals surface area contributed by atoms with Gasteiger partial charge in [-0.15, -0.1) is 0 Å². The van der Waals surface area contributed by atoms with Crippen molar-refractivity contribution < 1.29 is 4.55 Å². The van der Waals surface area contributed by atoms with Gasteiger partial charge < -0.3 is 9.45 Å². The van der Waals surface area contributed by atoms with Crippen molar-refractivity contribution in [1.82, 2.24) is 4.90 Å². The Labute approximate surface area is 101 Å². The van der Waals surface area contributed by atoms with Crippen LogP contribution in [-0.4, -0.2) is 33.5 Å². The van der Waals surface area contributed by atoms with Crippen LogP contribution in [0.15, 0.2) is 28.3 Å². The Bertz CT molecular complexity index is 339. The zero-order valence-corrected chi connectivity index (χ0v) is 11.5. The van der Waals surface area contributed by atoms with Crippen molar-refractivity contribution in [3.63, 3.8) is 0 Å². The maximum absolute atomic E-state index is 11.8. The molecule has 3 nitrogen and oxygen atoms in total. The Hall–Kier alpha value is -0.740. The number of nitrogens with zero attached hydrogens (tertiary/aromatic N) is 2. The van der Waals surface area contributed by atoms with Crippen LogP contribution in [0.2, 0.25) is 0 Å². The molecule has 0 fully saturated rings. The van der Waals surface area contributed by atoms with E-state index in [-0.39, 0.29) is 4.75 Å². The van der Waals surface area contributed by atoms with Crippen LogP contribution in [0.4, 0.5) is 0 Å². The van der Waals surface area contributed by atoms with Gasteiger partial charge in [-0.1, -0.05) is 10.5 Å². The van der Waals surface area contributed by atoms with E-state index in [0.717, 1.165) is 17.8 Å². The summed E-state index contributed by atoms with van der Waals surface area (Å²) in [5.74, 6) is 0. The van der Waals surface area contributed by atoms with Crippen molar-refractivity contribution in [2.75, 3.05) is 13.6 Å². The van der Waals surface area contributed by atoms with Gasteiger partial charge in [-0.25, -0.2) is 0 Å². The molecule has 1 unspecified atom stereocenters. The highest BCUT2D eigenvalue weighted by atomic mass is 32.2. The van der Waals surface area contributed by atoms with Gasteiger partial charge in [0.25, 0.3) is 0 Å². The number of rotatable bonds is 2. The SMILES string of the molecule is C/C(=N/[S+]([O-])C(C)(C)C)C1=CCN(C)C=C1. The Morgan fingerprint density at radius 1 is 1.50 bits per heavy atom. The minimum Gasteiger partial charge on any atom is -0.591 e. The molecule has 4 heteroatoms. The fourth-order valence-corrected chi connectivity index (χ4v) is 1.79. The molecule has 0 bridgehead atoms. The molecule has 90 valence electrons. The molecule has 0 N–H and O–H groups in total. The summed E-state index contributed by atoms with van der Waals surface area (Å²) in [6.45, 7) is 8.57. The largest absolute Gasteiger partial charge is 0.591 e. The molecular weight excluding hydrogens is 220 g/mol. The molecule has 1 aliphatic heterocycles. The molecule has 0 spiro atoms. The number of hydrogen-bond donors (Lipinski definition) is 0.